The number of carbonyl (C=O) groups excluding carboxylic acids is 1. The lowest BCUT2D eigenvalue weighted by Gasteiger charge is -2.25. The minimum absolute atomic E-state index is 0.0169. The van der Waals surface area contributed by atoms with Gasteiger partial charge in [0.25, 0.3) is 5.56 Å². The van der Waals surface area contributed by atoms with Crippen molar-refractivity contribution in [1.82, 2.24) is 4.57 Å². The number of hydrogen-bond acceptors (Lipinski definition) is 8. The van der Waals surface area contributed by atoms with Crippen LogP contribution in [0, 0.1) is 6.92 Å². The zero-order chi connectivity index (χ0) is 31.4. The van der Waals surface area contributed by atoms with Crippen LogP contribution in [0.15, 0.2) is 87.8 Å². The predicted molar refractivity (Wildman–Crippen MR) is 171 cm³/mol. The van der Waals surface area contributed by atoms with Gasteiger partial charge in [-0.05, 0) is 81.7 Å². The van der Waals surface area contributed by atoms with Crippen LogP contribution in [-0.4, -0.2) is 30.4 Å². The molecule has 9 heteroatoms. The zero-order valence-electron chi connectivity index (χ0n) is 25.7. The number of hydrogen-bond donors (Lipinski definition) is 0. The summed E-state index contributed by atoms with van der Waals surface area (Å²) >= 11 is 1.27. The van der Waals surface area contributed by atoms with E-state index in [9.17, 15) is 9.59 Å². The summed E-state index contributed by atoms with van der Waals surface area (Å²) in [5.74, 6) is 1.36. The normalized spacial score (nSPS) is 14.7. The summed E-state index contributed by atoms with van der Waals surface area (Å²) < 4.78 is 24.9. The van der Waals surface area contributed by atoms with Crippen LogP contribution in [0.5, 0.6) is 17.2 Å². The summed E-state index contributed by atoms with van der Waals surface area (Å²) in [7, 11) is 1.59. The van der Waals surface area contributed by atoms with Gasteiger partial charge in [0.2, 0.25) is 0 Å². The summed E-state index contributed by atoms with van der Waals surface area (Å²) in [6, 6.07) is 20.5. The van der Waals surface area contributed by atoms with Crippen molar-refractivity contribution in [1.29, 1.82) is 0 Å². The Hall–Kier alpha value is -4.63. The van der Waals surface area contributed by atoms with Crippen LogP contribution < -0.4 is 29.1 Å². The molecule has 3 aromatic carbocycles. The highest BCUT2D eigenvalue weighted by Gasteiger charge is 2.33. The van der Waals surface area contributed by atoms with Crippen molar-refractivity contribution in [3.05, 3.63) is 120 Å². The first-order valence-electron chi connectivity index (χ1n) is 14.5. The molecule has 0 unspecified atom stereocenters. The van der Waals surface area contributed by atoms with Crippen LogP contribution in [0.2, 0.25) is 0 Å². The van der Waals surface area contributed by atoms with Crippen molar-refractivity contribution in [3.63, 3.8) is 0 Å². The van der Waals surface area contributed by atoms with Crippen LogP contribution in [0.25, 0.3) is 6.08 Å². The molecule has 0 saturated carbocycles. The number of rotatable bonds is 10. The fourth-order valence-electron chi connectivity index (χ4n) is 5.00. The SMILES string of the molecule is CCOC(=O)C1=C(C)N=c2s/c(=C\c3ccc(OCc4ccc(C)cc4)c(OC)c3)c(=O)n2[C@@H]1c1ccc(OC(C)C)cc1. The highest BCUT2D eigenvalue weighted by atomic mass is 32.1. The van der Waals surface area contributed by atoms with Crippen molar-refractivity contribution in [2.75, 3.05) is 13.7 Å². The summed E-state index contributed by atoms with van der Waals surface area (Å²) in [4.78, 5) is 32.3. The Labute approximate surface area is 260 Å². The first-order valence-corrected chi connectivity index (χ1v) is 15.3. The van der Waals surface area contributed by atoms with Crippen molar-refractivity contribution in [3.8, 4) is 17.2 Å². The van der Waals surface area contributed by atoms with Gasteiger partial charge in [-0.25, -0.2) is 9.79 Å². The molecule has 0 N–H and O–H groups in total. The van der Waals surface area contributed by atoms with Gasteiger partial charge in [0.05, 0.1) is 41.7 Å². The Morgan fingerprint density at radius 3 is 2.41 bits per heavy atom. The number of allylic oxidation sites excluding steroid dienone is 1. The molecule has 0 amide bonds. The highest BCUT2D eigenvalue weighted by Crippen LogP contribution is 2.32. The first-order chi connectivity index (χ1) is 21.2. The van der Waals surface area contributed by atoms with E-state index in [-0.39, 0.29) is 18.3 Å². The van der Waals surface area contributed by atoms with Gasteiger partial charge in [-0.15, -0.1) is 0 Å². The number of aryl methyl sites for hydroxylation is 1. The molecular formula is C35H36N2O6S. The molecule has 8 nitrogen and oxygen atoms in total. The topological polar surface area (TPSA) is 88.4 Å². The maximum atomic E-state index is 14.0. The second-order valence-corrected chi connectivity index (χ2v) is 11.7. The lowest BCUT2D eigenvalue weighted by atomic mass is 9.96. The van der Waals surface area contributed by atoms with Gasteiger partial charge >= 0.3 is 5.97 Å². The molecule has 1 aliphatic rings. The van der Waals surface area contributed by atoms with E-state index in [1.807, 2.05) is 87.5 Å². The molecule has 5 rings (SSSR count). The summed E-state index contributed by atoms with van der Waals surface area (Å²) in [6.45, 7) is 10.1. The predicted octanol–water partition coefficient (Wildman–Crippen LogP) is 5.48. The molecule has 0 saturated heterocycles. The molecule has 228 valence electrons. The molecule has 44 heavy (non-hydrogen) atoms. The van der Waals surface area contributed by atoms with Gasteiger partial charge in [-0.1, -0.05) is 59.4 Å². The van der Waals surface area contributed by atoms with Gasteiger partial charge in [-0.2, -0.15) is 0 Å². The molecule has 0 fully saturated rings. The second kappa shape index (κ2) is 13.3. The molecule has 1 atom stereocenters. The third-order valence-corrected chi connectivity index (χ3v) is 8.07. The lowest BCUT2D eigenvalue weighted by Crippen LogP contribution is -2.39. The van der Waals surface area contributed by atoms with Crippen molar-refractivity contribution >= 4 is 23.4 Å². The molecular weight excluding hydrogens is 576 g/mol. The summed E-state index contributed by atoms with van der Waals surface area (Å²) in [5.41, 5.74) is 4.35. The molecule has 0 aliphatic carbocycles. The van der Waals surface area contributed by atoms with E-state index < -0.39 is 12.0 Å². The van der Waals surface area contributed by atoms with E-state index in [0.717, 1.165) is 16.7 Å². The van der Waals surface area contributed by atoms with Gasteiger partial charge in [0.1, 0.15) is 12.4 Å². The molecule has 1 aliphatic heterocycles. The van der Waals surface area contributed by atoms with Crippen LogP contribution in [0.4, 0.5) is 0 Å². The Bertz CT molecular complexity index is 1870. The van der Waals surface area contributed by atoms with E-state index in [1.165, 1.54) is 16.9 Å². The molecule has 2 heterocycles. The van der Waals surface area contributed by atoms with Crippen LogP contribution in [0.1, 0.15) is 56.0 Å². The molecule has 1 aromatic heterocycles. The monoisotopic (exact) mass is 612 g/mol. The number of ether oxygens (including phenoxy) is 4. The Morgan fingerprint density at radius 2 is 1.75 bits per heavy atom. The lowest BCUT2D eigenvalue weighted by molar-refractivity contribution is -0.139. The highest BCUT2D eigenvalue weighted by molar-refractivity contribution is 7.07. The second-order valence-electron chi connectivity index (χ2n) is 10.7. The van der Waals surface area contributed by atoms with Crippen LogP contribution in [0.3, 0.4) is 0 Å². The van der Waals surface area contributed by atoms with Gasteiger partial charge in [0.15, 0.2) is 16.3 Å². The van der Waals surface area contributed by atoms with E-state index >= 15 is 0 Å². The van der Waals surface area contributed by atoms with E-state index in [2.05, 4.69) is 4.99 Å². The Morgan fingerprint density at radius 1 is 1.02 bits per heavy atom. The van der Waals surface area contributed by atoms with Gasteiger partial charge in [-0.3, -0.25) is 9.36 Å². The quantitative estimate of drug-likeness (QED) is 0.221. The third kappa shape index (κ3) is 6.63. The maximum Gasteiger partial charge on any atom is 0.338 e. The maximum absolute atomic E-state index is 14.0. The summed E-state index contributed by atoms with van der Waals surface area (Å²) in [6.07, 6.45) is 1.82. The van der Waals surface area contributed by atoms with E-state index in [1.54, 1.807) is 31.6 Å². The number of thiazole rings is 1. The van der Waals surface area contributed by atoms with Gasteiger partial charge in [0, 0.05) is 0 Å². The van der Waals surface area contributed by atoms with E-state index in [0.29, 0.717) is 44.5 Å². The molecule has 0 spiro atoms. The average molecular weight is 613 g/mol. The van der Waals surface area contributed by atoms with Crippen molar-refractivity contribution < 1.29 is 23.7 Å². The van der Waals surface area contributed by atoms with Crippen molar-refractivity contribution in [2.45, 2.75) is 53.4 Å². The van der Waals surface area contributed by atoms with Crippen LogP contribution >= 0.6 is 11.3 Å². The first kappa shape index (κ1) is 30.8. The zero-order valence-corrected chi connectivity index (χ0v) is 26.6. The number of methoxy groups -OCH3 is 1. The Balaban J connectivity index is 1.53. The van der Waals surface area contributed by atoms with Crippen LogP contribution in [-0.2, 0) is 16.1 Å². The molecule has 0 radical (unpaired) electrons. The number of aromatic nitrogens is 1. The van der Waals surface area contributed by atoms with Crippen molar-refractivity contribution in [2.24, 2.45) is 4.99 Å². The summed E-state index contributed by atoms with van der Waals surface area (Å²) in [5, 5.41) is 0. The van der Waals surface area contributed by atoms with E-state index in [4.69, 9.17) is 18.9 Å². The number of carbonyl (C=O) groups is 1. The van der Waals surface area contributed by atoms with Gasteiger partial charge < -0.3 is 18.9 Å². The third-order valence-electron chi connectivity index (χ3n) is 7.09. The number of benzene rings is 3. The standard InChI is InChI=1S/C35H36N2O6S/c1-7-41-34(39)31-23(5)36-35-37(32(31)26-13-15-27(16-14-26)43-21(2)3)33(38)30(44-35)19-25-12-17-28(29(18-25)40-6)42-20-24-10-8-22(4)9-11-24/h8-19,21,32H,7,20H2,1-6H3/b30-19-/t32-/m1/s1. The molecule has 4 aromatic rings. The smallest absolute Gasteiger partial charge is 0.338 e. The largest absolute Gasteiger partial charge is 0.493 e. The minimum Gasteiger partial charge on any atom is -0.493 e. The number of fused-ring (bicyclic) bond motifs is 1. The number of esters is 1. The Kier molecular flexibility index (Phi) is 9.35. The average Bonchev–Trinajstić information content (AvgIpc) is 3.30. The number of nitrogens with zero attached hydrogens (tertiary/aromatic N) is 2. The fraction of sp³-hybridized carbons (Fsp3) is 0.286. The fourth-order valence-corrected chi connectivity index (χ4v) is 6.04. The minimum atomic E-state index is -0.701. The molecule has 0 bridgehead atoms.